The van der Waals surface area contributed by atoms with E-state index >= 15 is 0 Å². The highest BCUT2D eigenvalue weighted by Gasteiger charge is 2.18. The van der Waals surface area contributed by atoms with E-state index in [2.05, 4.69) is 127 Å². The van der Waals surface area contributed by atoms with Crippen LogP contribution in [0.2, 0.25) is 0 Å². The van der Waals surface area contributed by atoms with Crippen LogP contribution in [0.15, 0.2) is 84.9 Å². The Hall–Kier alpha value is -2.36. The molecule has 0 amide bonds. The Labute approximate surface area is 189 Å². The Bertz CT molecular complexity index is 934. The third-order valence-corrected chi connectivity index (χ3v) is 6.06. The summed E-state index contributed by atoms with van der Waals surface area (Å²) in [5.74, 6) is 1.27. The topological polar surface area (TPSA) is 12.5 Å². The van der Waals surface area contributed by atoms with Gasteiger partial charge in [-0.3, -0.25) is 0 Å². The number of halogens is 1. The molecular weight excluding hydrogens is 434 g/mol. The van der Waals surface area contributed by atoms with Gasteiger partial charge in [0.2, 0.25) is 0 Å². The molecule has 2 nitrogen and oxygen atoms in total. The number of alkyl halides is 1. The Morgan fingerprint density at radius 2 is 1.33 bits per heavy atom. The summed E-state index contributed by atoms with van der Waals surface area (Å²) in [5.41, 5.74) is 6.31. The van der Waals surface area contributed by atoms with Gasteiger partial charge in [-0.05, 0) is 60.0 Å². The van der Waals surface area contributed by atoms with Crippen LogP contribution in [-0.4, -0.2) is 37.5 Å². The van der Waals surface area contributed by atoms with Crippen molar-refractivity contribution in [1.82, 2.24) is 4.90 Å². The second-order valence-electron chi connectivity index (χ2n) is 7.75. The van der Waals surface area contributed by atoms with E-state index in [1.54, 1.807) is 0 Å². The van der Waals surface area contributed by atoms with Crippen molar-refractivity contribution in [2.24, 2.45) is 5.92 Å². The van der Waals surface area contributed by atoms with Gasteiger partial charge >= 0.3 is 0 Å². The first kappa shape index (κ1) is 22.3. The van der Waals surface area contributed by atoms with Crippen molar-refractivity contribution in [1.29, 1.82) is 0 Å². The van der Waals surface area contributed by atoms with Gasteiger partial charge in [0, 0.05) is 11.9 Å². The molecule has 0 bridgehead atoms. The summed E-state index contributed by atoms with van der Waals surface area (Å²) in [7, 11) is 4.11. The molecule has 3 aromatic rings. The molecule has 3 heteroatoms. The fourth-order valence-electron chi connectivity index (χ4n) is 3.52. The maximum Gasteiger partial charge on any atom is 0.119 e. The van der Waals surface area contributed by atoms with Gasteiger partial charge in [0.05, 0.1) is 0 Å². The number of rotatable bonds is 9. The molecule has 0 heterocycles. The Kier molecular flexibility index (Phi) is 8.30. The predicted octanol–water partition coefficient (Wildman–Crippen LogP) is 6.62. The lowest BCUT2D eigenvalue weighted by Crippen LogP contribution is -2.19. The second kappa shape index (κ2) is 11.1. The molecule has 0 spiro atoms. The fourth-order valence-corrected chi connectivity index (χ4v) is 3.84. The average Bonchev–Trinajstić information content (AvgIpc) is 2.78. The number of nitrogens with zero attached hydrogens (tertiary/aromatic N) is 1. The lowest BCUT2D eigenvalue weighted by molar-refractivity contribution is 0.261. The van der Waals surface area contributed by atoms with Crippen molar-refractivity contribution in [2.45, 2.75) is 6.92 Å². The highest BCUT2D eigenvalue weighted by atomic mass is 79.9. The van der Waals surface area contributed by atoms with Crippen LogP contribution in [0.1, 0.15) is 23.6 Å². The zero-order valence-electron chi connectivity index (χ0n) is 18.0. The molecule has 3 rings (SSSR count). The number of hydrogen-bond acceptors (Lipinski definition) is 2. The Morgan fingerprint density at radius 1 is 0.800 bits per heavy atom. The minimum Gasteiger partial charge on any atom is -0.492 e. The van der Waals surface area contributed by atoms with E-state index in [-0.39, 0.29) is 0 Å². The predicted molar refractivity (Wildman–Crippen MR) is 132 cm³/mol. The largest absolute Gasteiger partial charge is 0.492 e. The van der Waals surface area contributed by atoms with Gasteiger partial charge < -0.3 is 9.64 Å². The molecule has 0 fully saturated rings. The minimum atomic E-state index is 0.360. The van der Waals surface area contributed by atoms with Gasteiger partial charge in [-0.1, -0.05) is 95.7 Å². The van der Waals surface area contributed by atoms with Crippen molar-refractivity contribution < 1.29 is 4.74 Å². The van der Waals surface area contributed by atoms with Crippen molar-refractivity contribution in [3.63, 3.8) is 0 Å². The van der Waals surface area contributed by atoms with Crippen LogP contribution in [0.5, 0.6) is 5.75 Å². The molecule has 1 unspecified atom stereocenters. The fraction of sp³-hybridized carbons (Fsp3) is 0.259. The normalized spacial score (nSPS) is 13.1. The van der Waals surface area contributed by atoms with Crippen molar-refractivity contribution in [3.05, 3.63) is 102 Å². The molecule has 0 saturated heterocycles. The third-order valence-electron chi connectivity index (χ3n) is 5.09. The van der Waals surface area contributed by atoms with Gasteiger partial charge in [-0.2, -0.15) is 0 Å². The molecule has 1 atom stereocenters. The number of ether oxygens (including phenoxy) is 1. The first-order valence-corrected chi connectivity index (χ1v) is 11.5. The zero-order valence-corrected chi connectivity index (χ0v) is 19.6. The summed E-state index contributed by atoms with van der Waals surface area (Å²) in [6.07, 6.45) is 0. The van der Waals surface area contributed by atoms with Crippen molar-refractivity contribution in [3.8, 4) is 5.75 Å². The second-order valence-corrected chi connectivity index (χ2v) is 8.40. The van der Waals surface area contributed by atoms with Crippen LogP contribution < -0.4 is 4.74 Å². The van der Waals surface area contributed by atoms with Crippen LogP contribution in [0.25, 0.3) is 11.1 Å². The summed E-state index contributed by atoms with van der Waals surface area (Å²) >= 11 is 3.72. The summed E-state index contributed by atoms with van der Waals surface area (Å²) in [4.78, 5) is 2.12. The molecule has 0 saturated carbocycles. The van der Waals surface area contributed by atoms with E-state index in [0.29, 0.717) is 12.5 Å². The van der Waals surface area contributed by atoms with Crippen LogP contribution in [0.3, 0.4) is 0 Å². The molecule has 0 aliphatic rings. The molecule has 3 aromatic carbocycles. The van der Waals surface area contributed by atoms with Crippen LogP contribution in [0.4, 0.5) is 0 Å². The van der Waals surface area contributed by atoms with Gasteiger partial charge in [0.25, 0.3) is 0 Å². The van der Waals surface area contributed by atoms with Gasteiger partial charge in [0.15, 0.2) is 0 Å². The number of likely N-dealkylation sites (N-methyl/N-ethyl adjacent to an activating group) is 1. The summed E-state index contributed by atoms with van der Waals surface area (Å²) in [5, 5.41) is 0.902. The highest BCUT2D eigenvalue weighted by molar-refractivity contribution is 9.09. The summed E-state index contributed by atoms with van der Waals surface area (Å²) in [6, 6.07) is 29.9. The van der Waals surface area contributed by atoms with E-state index in [9.17, 15) is 0 Å². The third kappa shape index (κ3) is 5.84. The SMILES string of the molecule is CC(CBr)/C(=C(\c1ccccc1)c1ccc(OCCN(C)C)cc1)c1ccccc1. The van der Waals surface area contributed by atoms with Crippen molar-refractivity contribution in [2.75, 3.05) is 32.6 Å². The first-order valence-electron chi connectivity index (χ1n) is 10.4. The molecule has 0 N–H and O–H groups in total. The molecule has 30 heavy (non-hydrogen) atoms. The Balaban J connectivity index is 2.08. The molecular formula is C27H30BrNO. The lowest BCUT2D eigenvalue weighted by Gasteiger charge is -2.22. The number of hydrogen-bond donors (Lipinski definition) is 0. The number of benzene rings is 3. The molecule has 0 aliphatic carbocycles. The van der Waals surface area contributed by atoms with Gasteiger partial charge in [0.1, 0.15) is 12.4 Å². The lowest BCUT2D eigenvalue weighted by atomic mass is 9.84. The zero-order chi connectivity index (χ0) is 21.3. The smallest absolute Gasteiger partial charge is 0.119 e. The first-order chi connectivity index (χ1) is 14.6. The van der Waals surface area contributed by atoms with Crippen LogP contribution in [0, 0.1) is 5.92 Å². The van der Waals surface area contributed by atoms with E-state index in [0.717, 1.165) is 17.6 Å². The quantitative estimate of drug-likeness (QED) is 0.261. The molecule has 0 radical (unpaired) electrons. The summed E-state index contributed by atoms with van der Waals surface area (Å²) < 4.78 is 5.91. The molecule has 156 valence electrons. The van der Waals surface area contributed by atoms with E-state index in [1.165, 1.54) is 27.8 Å². The monoisotopic (exact) mass is 463 g/mol. The standard InChI is InChI=1S/C27H30BrNO/c1-21(20-28)26(22-10-6-4-7-11-22)27(23-12-8-5-9-13-23)24-14-16-25(17-15-24)30-19-18-29(2)3/h4-17,21H,18-20H2,1-3H3/b27-26-. The van der Waals surface area contributed by atoms with E-state index in [4.69, 9.17) is 4.74 Å². The summed E-state index contributed by atoms with van der Waals surface area (Å²) in [6.45, 7) is 3.86. The van der Waals surface area contributed by atoms with E-state index in [1.807, 2.05) is 0 Å². The van der Waals surface area contributed by atoms with Crippen LogP contribution in [-0.2, 0) is 0 Å². The highest BCUT2D eigenvalue weighted by Crippen LogP contribution is 2.37. The Morgan fingerprint density at radius 3 is 1.87 bits per heavy atom. The maximum atomic E-state index is 5.91. The minimum absolute atomic E-state index is 0.360. The molecule has 0 aliphatic heterocycles. The number of allylic oxidation sites excluding steroid dienone is 1. The average molecular weight is 464 g/mol. The van der Waals surface area contributed by atoms with Gasteiger partial charge in [-0.25, -0.2) is 0 Å². The van der Waals surface area contributed by atoms with Crippen molar-refractivity contribution >= 4 is 27.1 Å². The van der Waals surface area contributed by atoms with Crippen LogP contribution >= 0.6 is 15.9 Å². The molecule has 0 aromatic heterocycles. The van der Waals surface area contributed by atoms with E-state index < -0.39 is 0 Å². The maximum absolute atomic E-state index is 5.91. The van der Waals surface area contributed by atoms with Gasteiger partial charge in [-0.15, -0.1) is 0 Å².